The summed E-state index contributed by atoms with van der Waals surface area (Å²) >= 11 is 0. The second-order valence-corrected chi connectivity index (χ2v) is 4.74. The van der Waals surface area contributed by atoms with Crippen LogP contribution >= 0.6 is 0 Å². The highest BCUT2D eigenvalue weighted by Crippen LogP contribution is 2.30. The van der Waals surface area contributed by atoms with Gasteiger partial charge in [-0.05, 0) is 25.2 Å². The fourth-order valence-electron chi connectivity index (χ4n) is 1.38. The smallest absolute Gasteiger partial charge is 0.0610 e. The van der Waals surface area contributed by atoms with Crippen LogP contribution in [0.15, 0.2) is 0 Å². The molecule has 0 aromatic rings. The second kappa shape index (κ2) is 2.76. The number of hydrogen-bond acceptors (Lipinski definition) is 2. The van der Waals surface area contributed by atoms with E-state index in [1.165, 1.54) is 6.42 Å². The Bertz CT molecular complexity index is 132. The largest absolute Gasteiger partial charge is 0.394 e. The fourth-order valence-corrected chi connectivity index (χ4v) is 1.38. The molecule has 0 amide bonds. The van der Waals surface area contributed by atoms with Gasteiger partial charge in [0, 0.05) is 12.1 Å². The summed E-state index contributed by atoms with van der Waals surface area (Å²) in [7, 11) is 0. The highest BCUT2D eigenvalue weighted by molar-refractivity contribution is 4.91. The molecule has 1 aliphatic heterocycles. The van der Waals surface area contributed by atoms with E-state index < -0.39 is 0 Å². The van der Waals surface area contributed by atoms with Crippen molar-refractivity contribution >= 4 is 0 Å². The van der Waals surface area contributed by atoms with E-state index in [1.54, 1.807) is 0 Å². The van der Waals surface area contributed by atoms with Crippen LogP contribution < -0.4 is 5.32 Å². The minimum atomic E-state index is -0.0183. The lowest BCUT2D eigenvalue weighted by Crippen LogP contribution is -2.53. The first-order chi connectivity index (χ1) is 4.97. The Morgan fingerprint density at radius 2 is 1.91 bits per heavy atom. The van der Waals surface area contributed by atoms with Crippen molar-refractivity contribution in [2.75, 3.05) is 13.2 Å². The van der Waals surface area contributed by atoms with Crippen molar-refractivity contribution in [3.8, 4) is 0 Å². The standard InChI is InChI=1S/C9H19NO/c1-8(2)4-5-9(3,7-11)10-6-8/h10-11H,4-7H2,1-3H3. The third-order valence-electron chi connectivity index (χ3n) is 2.70. The number of piperidine rings is 1. The van der Waals surface area contributed by atoms with Gasteiger partial charge in [0.05, 0.1) is 6.61 Å². The fraction of sp³-hybridized carbons (Fsp3) is 1.00. The van der Waals surface area contributed by atoms with Gasteiger partial charge in [0.2, 0.25) is 0 Å². The summed E-state index contributed by atoms with van der Waals surface area (Å²) in [6, 6.07) is 0. The molecule has 2 nitrogen and oxygen atoms in total. The zero-order valence-electron chi connectivity index (χ0n) is 7.78. The molecule has 2 heteroatoms. The van der Waals surface area contributed by atoms with Crippen molar-refractivity contribution in [3.63, 3.8) is 0 Å². The molecule has 0 aromatic heterocycles. The summed E-state index contributed by atoms with van der Waals surface area (Å²) in [5.74, 6) is 0. The summed E-state index contributed by atoms with van der Waals surface area (Å²) in [6.45, 7) is 7.88. The lowest BCUT2D eigenvalue weighted by molar-refractivity contribution is 0.0990. The molecule has 2 N–H and O–H groups in total. The van der Waals surface area contributed by atoms with E-state index in [-0.39, 0.29) is 12.1 Å². The molecule has 0 spiro atoms. The summed E-state index contributed by atoms with van der Waals surface area (Å²) in [5, 5.41) is 12.4. The zero-order valence-corrected chi connectivity index (χ0v) is 7.78. The molecule has 0 saturated carbocycles. The van der Waals surface area contributed by atoms with E-state index in [4.69, 9.17) is 5.11 Å². The molecule has 1 unspecified atom stereocenters. The van der Waals surface area contributed by atoms with E-state index in [9.17, 15) is 0 Å². The molecule has 66 valence electrons. The van der Waals surface area contributed by atoms with Gasteiger partial charge < -0.3 is 10.4 Å². The molecule has 1 aliphatic rings. The SMILES string of the molecule is CC1(C)CCC(C)(CO)NC1. The van der Waals surface area contributed by atoms with Gasteiger partial charge in [0.1, 0.15) is 0 Å². The van der Waals surface area contributed by atoms with Gasteiger partial charge in [-0.15, -0.1) is 0 Å². The quantitative estimate of drug-likeness (QED) is 0.598. The van der Waals surface area contributed by atoms with Crippen LogP contribution in [-0.2, 0) is 0 Å². The van der Waals surface area contributed by atoms with Crippen LogP contribution in [0.1, 0.15) is 33.6 Å². The Morgan fingerprint density at radius 1 is 1.27 bits per heavy atom. The van der Waals surface area contributed by atoms with E-state index in [1.807, 2.05) is 0 Å². The van der Waals surface area contributed by atoms with Crippen molar-refractivity contribution in [2.24, 2.45) is 5.41 Å². The summed E-state index contributed by atoms with van der Waals surface area (Å²) in [5.41, 5.74) is 0.393. The van der Waals surface area contributed by atoms with Gasteiger partial charge in [-0.3, -0.25) is 0 Å². The molecule has 0 bridgehead atoms. The molecule has 1 fully saturated rings. The van der Waals surface area contributed by atoms with Crippen molar-refractivity contribution < 1.29 is 5.11 Å². The number of rotatable bonds is 1. The van der Waals surface area contributed by atoms with Crippen LogP contribution in [-0.4, -0.2) is 23.8 Å². The van der Waals surface area contributed by atoms with Crippen molar-refractivity contribution in [2.45, 2.75) is 39.2 Å². The van der Waals surface area contributed by atoms with E-state index in [0.717, 1.165) is 13.0 Å². The Hall–Kier alpha value is -0.0800. The Balaban J connectivity index is 2.48. The summed E-state index contributed by atoms with van der Waals surface area (Å²) < 4.78 is 0. The summed E-state index contributed by atoms with van der Waals surface area (Å²) in [4.78, 5) is 0. The van der Waals surface area contributed by atoms with Gasteiger partial charge in [0.25, 0.3) is 0 Å². The number of aliphatic hydroxyl groups excluding tert-OH is 1. The average molecular weight is 157 g/mol. The first-order valence-electron chi connectivity index (χ1n) is 4.33. The van der Waals surface area contributed by atoms with Crippen LogP contribution in [0.5, 0.6) is 0 Å². The number of nitrogens with one attached hydrogen (secondary N) is 1. The first kappa shape index (κ1) is 9.01. The molecule has 1 heterocycles. The van der Waals surface area contributed by atoms with Crippen molar-refractivity contribution in [1.82, 2.24) is 5.32 Å². The molecule has 11 heavy (non-hydrogen) atoms. The number of aliphatic hydroxyl groups is 1. The third kappa shape index (κ3) is 2.17. The Labute approximate surface area is 69.0 Å². The van der Waals surface area contributed by atoms with Crippen LogP contribution in [0.3, 0.4) is 0 Å². The molecular weight excluding hydrogens is 138 g/mol. The normalized spacial score (nSPS) is 37.1. The maximum absolute atomic E-state index is 9.06. The minimum absolute atomic E-state index is 0.0183. The predicted molar refractivity (Wildman–Crippen MR) is 46.5 cm³/mol. The topological polar surface area (TPSA) is 32.3 Å². The Kier molecular flexibility index (Phi) is 2.26. The Morgan fingerprint density at radius 3 is 2.27 bits per heavy atom. The van der Waals surface area contributed by atoms with Crippen molar-refractivity contribution in [3.05, 3.63) is 0 Å². The van der Waals surface area contributed by atoms with E-state index >= 15 is 0 Å². The molecule has 1 rings (SSSR count). The molecule has 1 saturated heterocycles. The van der Waals surface area contributed by atoms with Gasteiger partial charge >= 0.3 is 0 Å². The number of hydrogen-bond donors (Lipinski definition) is 2. The van der Waals surface area contributed by atoms with Gasteiger partial charge in [-0.25, -0.2) is 0 Å². The molecule has 1 atom stereocenters. The van der Waals surface area contributed by atoms with Crippen molar-refractivity contribution in [1.29, 1.82) is 0 Å². The van der Waals surface area contributed by atoms with Crippen LogP contribution in [0.4, 0.5) is 0 Å². The maximum Gasteiger partial charge on any atom is 0.0610 e. The molecule has 0 aliphatic carbocycles. The zero-order chi connectivity index (χ0) is 8.54. The maximum atomic E-state index is 9.06. The highest BCUT2D eigenvalue weighted by Gasteiger charge is 2.33. The van der Waals surface area contributed by atoms with Gasteiger partial charge in [-0.2, -0.15) is 0 Å². The first-order valence-corrected chi connectivity index (χ1v) is 4.33. The molecular formula is C9H19NO. The second-order valence-electron chi connectivity index (χ2n) is 4.74. The molecule has 0 radical (unpaired) electrons. The van der Waals surface area contributed by atoms with Crippen LogP contribution in [0, 0.1) is 5.41 Å². The minimum Gasteiger partial charge on any atom is -0.394 e. The van der Waals surface area contributed by atoms with E-state index in [0.29, 0.717) is 5.41 Å². The highest BCUT2D eigenvalue weighted by atomic mass is 16.3. The van der Waals surface area contributed by atoms with E-state index in [2.05, 4.69) is 26.1 Å². The molecule has 0 aromatic carbocycles. The monoisotopic (exact) mass is 157 g/mol. The van der Waals surface area contributed by atoms with Crippen LogP contribution in [0.25, 0.3) is 0 Å². The predicted octanol–water partition coefficient (Wildman–Crippen LogP) is 1.15. The van der Waals surface area contributed by atoms with Gasteiger partial charge in [-0.1, -0.05) is 13.8 Å². The van der Waals surface area contributed by atoms with Crippen LogP contribution in [0.2, 0.25) is 0 Å². The third-order valence-corrected chi connectivity index (χ3v) is 2.70. The lowest BCUT2D eigenvalue weighted by Gasteiger charge is -2.41. The lowest BCUT2D eigenvalue weighted by atomic mass is 9.78. The van der Waals surface area contributed by atoms with Gasteiger partial charge in [0.15, 0.2) is 0 Å². The average Bonchev–Trinajstić information content (AvgIpc) is 1.97. The summed E-state index contributed by atoms with van der Waals surface area (Å²) in [6.07, 6.45) is 2.29.